The van der Waals surface area contributed by atoms with Crippen LogP contribution in [-0.2, 0) is 16.6 Å². The molecule has 1 aliphatic carbocycles. The maximum Gasteiger partial charge on any atom is 0.244 e. The predicted molar refractivity (Wildman–Crippen MR) is 84.3 cm³/mol. The van der Waals surface area contributed by atoms with E-state index in [-0.39, 0.29) is 6.54 Å². The molecule has 1 N–H and O–H groups in total. The zero-order valence-corrected chi connectivity index (χ0v) is 13.4. The monoisotopic (exact) mass is 306 g/mol. The third-order valence-electron chi connectivity index (χ3n) is 3.66. The SMILES string of the molecule is C#CCN(CC)S(=O)(=O)c1cc(CNC2CC2)ccc1C. The fourth-order valence-electron chi connectivity index (χ4n) is 2.19. The average molecular weight is 306 g/mol. The van der Waals surface area contributed by atoms with Crippen LogP contribution in [0.5, 0.6) is 0 Å². The molecule has 0 spiro atoms. The number of terminal acetylenes is 1. The van der Waals surface area contributed by atoms with E-state index in [1.165, 1.54) is 17.1 Å². The highest BCUT2D eigenvalue weighted by Gasteiger charge is 2.25. The zero-order chi connectivity index (χ0) is 15.5. The van der Waals surface area contributed by atoms with Gasteiger partial charge in [0.25, 0.3) is 0 Å². The zero-order valence-electron chi connectivity index (χ0n) is 12.6. The summed E-state index contributed by atoms with van der Waals surface area (Å²) in [5, 5.41) is 3.40. The molecule has 0 atom stereocenters. The van der Waals surface area contributed by atoms with Crippen molar-refractivity contribution in [1.82, 2.24) is 9.62 Å². The van der Waals surface area contributed by atoms with Crippen LogP contribution in [0.25, 0.3) is 0 Å². The van der Waals surface area contributed by atoms with Crippen molar-refractivity contribution in [2.75, 3.05) is 13.1 Å². The van der Waals surface area contributed by atoms with Crippen LogP contribution in [0.4, 0.5) is 0 Å². The van der Waals surface area contributed by atoms with Crippen LogP contribution in [0.3, 0.4) is 0 Å². The molecule has 0 amide bonds. The molecule has 1 aromatic carbocycles. The predicted octanol–water partition coefficient (Wildman–Crippen LogP) is 1.89. The van der Waals surface area contributed by atoms with Gasteiger partial charge in [0.05, 0.1) is 11.4 Å². The second-order valence-electron chi connectivity index (χ2n) is 5.39. The van der Waals surface area contributed by atoms with Gasteiger partial charge in [0.15, 0.2) is 0 Å². The first-order valence-electron chi connectivity index (χ1n) is 7.25. The number of aryl methyl sites for hydroxylation is 1. The topological polar surface area (TPSA) is 49.4 Å². The first-order valence-corrected chi connectivity index (χ1v) is 8.69. The van der Waals surface area contributed by atoms with Gasteiger partial charge in [0.2, 0.25) is 10.0 Å². The minimum atomic E-state index is -3.53. The molecule has 1 aromatic rings. The molecule has 4 nitrogen and oxygen atoms in total. The molecule has 5 heteroatoms. The molecular formula is C16H22N2O2S. The smallest absolute Gasteiger partial charge is 0.244 e. The number of nitrogens with zero attached hydrogens (tertiary/aromatic N) is 1. The number of benzene rings is 1. The highest BCUT2D eigenvalue weighted by Crippen LogP contribution is 2.23. The lowest BCUT2D eigenvalue weighted by Gasteiger charge is -2.20. The van der Waals surface area contributed by atoms with Crippen molar-refractivity contribution in [2.45, 2.75) is 44.2 Å². The minimum absolute atomic E-state index is 0.100. The Morgan fingerprint density at radius 3 is 2.71 bits per heavy atom. The second kappa shape index (κ2) is 6.61. The molecule has 0 bridgehead atoms. The summed E-state index contributed by atoms with van der Waals surface area (Å²) in [7, 11) is -3.53. The van der Waals surface area contributed by atoms with Crippen LogP contribution >= 0.6 is 0 Å². The van der Waals surface area contributed by atoms with E-state index >= 15 is 0 Å². The van der Waals surface area contributed by atoms with E-state index in [2.05, 4.69) is 11.2 Å². The van der Waals surface area contributed by atoms with Gasteiger partial charge in [-0.1, -0.05) is 25.0 Å². The van der Waals surface area contributed by atoms with E-state index in [0.29, 0.717) is 24.0 Å². The Morgan fingerprint density at radius 1 is 1.43 bits per heavy atom. The molecule has 21 heavy (non-hydrogen) atoms. The first kappa shape index (κ1) is 16.0. The third-order valence-corrected chi connectivity index (χ3v) is 5.73. The maximum absolute atomic E-state index is 12.7. The van der Waals surface area contributed by atoms with Gasteiger partial charge < -0.3 is 5.32 Å². The summed E-state index contributed by atoms with van der Waals surface area (Å²) < 4.78 is 26.7. The van der Waals surface area contributed by atoms with Gasteiger partial charge in [0.1, 0.15) is 0 Å². The van der Waals surface area contributed by atoms with Gasteiger partial charge >= 0.3 is 0 Å². The molecule has 1 saturated carbocycles. The van der Waals surface area contributed by atoms with E-state index in [9.17, 15) is 8.42 Å². The third kappa shape index (κ3) is 3.85. The molecule has 0 radical (unpaired) electrons. The van der Waals surface area contributed by atoms with Crippen LogP contribution in [-0.4, -0.2) is 31.9 Å². The van der Waals surface area contributed by atoms with Crippen molar-refractivity contribution in [3.05, 3.63) is 29.3 Å². The van der Waals surface area contributed by atoms with Crippen molar-refractivity contribution in [2.24, 2.45) is 0 Å². The van der Waals surface area contributed by atoms with Crippen LogP contribution in [0.2, 0.25) is 0 Å². The van der Waals surface area contributed by atoms with E-state index in [4.69, 9.17) is 6.42 Å². The van der Waals surface area contributed by atoms with Crippen LogP contribution in [0, 0.1) is 19.3 Å². The number of nitrogens with one attached hydrogen (secondary N) is 1. The summed E-state index contributed by atoms with van der Waals surface area (Å²) in [6.07, 6.45) is 7.69. The van der Waals surface area contributed by atoms with Gasteiger partial charge in [-0.2, -0.15) is 4.31 Å². The lowest BCUT2D eigenvalue weighted by Crippen LogP contribution is -2.31. The number of hydrogen-bond acceptors (Lipinski definition) is 3. The molecule has 0 aliphatic heterocycles. The fraction of sp³-hybridized carbons (Fsp3) is 0.500. The summed E-state index contributed by atoms with van der Waals surface area (Å²) in [6.45, 7) is 4.78. The number of rotatable bonds is 7. The molecule has 0 aromatic heterocycles. The van der Waals surface area contributed by atoms with E-state index < -0.39 is 10.0 Å². The first-order chi connectivity index (χ1) is 9.98. The average Bonchev–Trinajstić information content (AvgIpc) is 3.27. The second-order valence-corrected chi connectivity index (χ2v) is 7.30. The lowest BCUT2D eigenvalue weighted by molar-refractivity contribution is 0.463. The Labute approximate surface area is 127 Å². The Bertz CT molecular complexity index is 643. The lowest BCUT2D eigenvalue weighted by atomic mass is 10.1. The molecule has 2 rings (SSSR count). The minimum Gasteiger partial charge on any atom is -0.310 e. The van der Waals surface area contributed by atoms with Gasteiger partial charge in [-0.3, -0.25) is 0 Å². The van der Waals surface area contributed by atoms with Gasteiger partial charge in [0, 0.05) is 19.1 Å². The Kier molecular flexibility index (Phi) is 5.04. The van der Waals surface area contributed by atoms with Crippen molar-refractivity contribution in [3.8, 4) is 12.3 Å². The fourth-order valence-corrected chi connectivity index (χ4v) is 3.83. The molecule has 0 saturated heterocycles. The van der Waals surface area contributed by atoms with Gasteiger partial charge in [-0.25, -0.2) is 8.42 Å². The van der Waals surface area contributed by atoms with Crippen LogP contribution in [0.15, 0.2) is 23.1 Å². The highest BCUT2D eigenvalue weighted by atomic mass is 32.2. The summed E-state index contributed by atoms with van der Waals surface area (Å²) in [5.74, 6) is 2.41. The summed E-state index contributed by atoms with van der Waals surface area (Å²) in [4.78, 5) is 0.356. The molecular weight excluding hydrogens is 284 g/mol. The Hall–Kier alpha value is -1.35. The number of hydrogen-bond donors (Lipinski definition) is 1. The summed E-state index contributed by atoms with van der Waals surface area (Å²) >= 11 is 0. The number of sulfonamides is 1. The van der Waals surface area contributed by atoms with Crippen LogP contribution < -0.4 is 5.32 Å². The summed E-state index contributed by atoms with van der Waals surface area (Å²) in [5.41, 5.74) is 1.74. The van der Waals surface area contributed by atoms with E-state index in [0.717, 1.165) is 11.1 Å². The Balaban J connectivity index is 2.27. The molecule has 1 fully saturated rings. The highest BCUT2D eigenvalue weighted by molar-refractivity contribution is 7.89. The van der Waals surface area contributed by atoms with E-state index in [1.807, 2.05) is 19.1 Å². The van der Waals surface area contributed by atoms with Crippen molar-refractivity contribution >= 4 is 10.0 Å². The van der Waals surface area contributed by atoms with E-state index in [1.54, 1.807) is 13.0 Å². The van der Waals surface area contributed by atoms with Gasteiger partial charge in [-0.15, -0.1) is 6.42 Å². The molecule has 114 valence electrons. The molecule has 0 unspecified atom stereocenters. The molecule has 0 heterocycles. The van der Waals surface area contributed by atoms with Crippen molar-refractivity contribution < 1.29 is 8.42 Å². The van der Waals surface area contributed by atoms with Crippen molar-refractivity contribution in [1.29, 1.82) is 0 Å². The molecule has 1 aliphatic rings. The normalized spacial score (nSPS) is 15.1. The Morgan fingerprint density at radius 2 is 2.14 bits per heavy atom. The van der Waals surface area contributed by atoms with Crippen molar-refractivity contribution in [3.63, 3.8) is 0 Å². The quantitative estimate of drug-likeness (QED) is 0.783. The summed E-state index contributed by atoms with van der Waals surface area (Å²) in [6, 6.07) is 6.20. The largest absolute Gasteiger partial charge is 0.310 e. The maximum atomic E-state index is 12.7. The standard InChI is InChI=1S/C16H22N2O2S/c1-4-10-18(5-2)21(19,20)16-11-14(7-6-13(16)3)12-17-15-8-9-15/h1,6-7,11,15,17H,5,8-10,12H2,2-3H3. The van der Waals surface area contributed by atoms with Gasteiger partial charge in [-0.05, 0) is 37.0 Å². The van der Waals surface area contributed by atoms with Crippen LogP contribution in [0.1, 0.15) is 30.9 Å².